The number of hydrogen-bond acceptors (Lipinski definition) is 4. The molecule has 3 saturated heterocycles. The van der Waals surface area contributed by atoms with Gasteiger partial charge in [-0.05, 0) is 12.1 Å². The van der Waals surface area contributed by atoms with E-state index in [-0.39, 0.29) is 17.4 Å². The fourth-order valence-corrected chi connectivity index (χ4v) is 3.06. The van der Waals surface area contributed by atoms with Crippen molar-refractivity contribution in [3.63, 3.8) is 0 Å². The van der Waals surface area contributed by atoms with Gasteiger partial charge in [0.2, 0.25) is 0 Å². The molecule has 0 aromatic heterocycles. The molecule has 1 atom stereocenters. The van der Waals surface area contributed by atoms with E-state index in [9.17, 15) is 13.2 Å². The highest BCUT2D eigenvalue weighted by atomic mass is 19.4. The Balaban J connectivity index is 1.61. The van der Waals surface area contributed by atoms with Crippen LogP contribution < -0.4 is 15.8 Å². The number of nitrogens with one attached hydrogen (secondary N) is 1. The number of alkyl halides is 3. The lowest BCUT2D eigenvalue weighted by Gasteiger charge is -2.47. The highest BCUT2D eigenvalue weighted by Crippen LogP contribution is 2.29. The molecule has 0 saturated carbocycles. The van der Waals surface area contributed by atoms with Crippen LogP contribution in [0.4, 0.5) is 18.9 Å². The fraction of sp³-hybridized carbons (Fsp3) is 0.533. The number of anilines is 1. The predicted octanol–water partition coefficient (Wildman–Crippen LogP) is 1.31. The van der Waals surface area contributed by atoms with Gasteiger partial charge in [0.05, 0.1) is 12.2 Å². The molecule has 24 heavy (non-hydrogen) atoms. The molecule has 3 heterocycles. The third kappa shape index (κ3) is 4.30. The minimum atomic E-state index is -4.76. The van der Waals surface area contributed by atoms with Gasteiger partial charge in [-0.25, -0.2) is 0 Å². The fourth-order valence-electron chi connectivity index (χ4n) is 3.06. The normalized spacial score (nSPS) is 27.1. The van der Waals surface area contributed by atoms with Crippen LogP contribution in [-0.2, 0) is 0 Å². The highest BCUT2D eigenvalue weighted by molar-refractivity contribution is 5.93. The number of hydrogen-bond donors (Lipinski definition) is 2. The van der Waals surface area contributed by atoms with Crippen molar-refractivity contribution >= 4 is 11.6 Å². The second-order valence-electron chi connectivity index (χ2n) is 5.89. The zero-order valence-electron chi connectivity index (χ0n) is 13.1. The van der Waals surface area contributed by atoms with Crippen LogP contribution in [0.1, 0.15) is 0 Å². The number of aliphatic imine (C=N–C) groups is 1. The summed E-state index contributed by atoms with van der Waals surface area (Å²) in [5.74, 6) is -0.263. The molecule has 1 aromatic carbocycles. The number of rotatable bonds is 4. The van der Waals surface area contributed by atoms with E-state index in [0.29, 0.717) is 12.6 Å². The summed E-state index contributed by atoms with van der Waals surface area (Å²) in [6, 6.07) is 6.04. The molecule has 4 rings (SSSR count). The van der Waals surface area contributed by atoms with Gasteiger partial charge in [-0.2, -0.15) is 0 Å². The van der Waals surface area contributed by atoms with Crippen LogP contribution in [0.2, 0.25) is 0 Å². The van der Waals surface area contributed by atoms with E-state index in [2.05, 4.69) is 24.8 Å². The quantitative estimate of drug-likeness (QED) is 0.637. The lowest BCUT2D eigenvalue weighted by molar-refractivity contribution is -0.274. The lowest BCUT2D eigenvalue weighted by atomic mass is 10.1. The smallest absolute Gasteiger partial charge is 0.404 e. The number of fused-ring (bicyclic) bond motifs is 3. The summed E-state index contributed by atoms with van der Waals surface area (Å²) < 4.78 is 41.2. The van der Waals surface area contributed by atoms with Gasteiger partial charge < -0.3 is 15.8 Å². The minimum Gasteiger partial charge on any atom is -0.404 e. The Hall–Kier alpha value is -2.00. The zero-order chi connectivity index (χ0) is 17.2. The van der Waals surface area contributed by atoms with Crippen molar-refractivity contribution < 1.29 is 17.9 Å². The van der Waals surface area contributed by atoms with E-state index in [1.54, 1.807) is 6.07 Å². The number of para-hydroxylation sites is 2. The molecule has 6 nitrogen and oxygen atoms in total. The number of ether oxygens (including phenoxy) is 1. The number of guanidine groups is 1. The Labute approximate surface area is 138 Å². The summed E-state index contributed by atoms with van der Waals surface area (Å²) in [6.07, 6.45) is -4.76. The molecule has 0 radical (unpaired) electrons. The zero-order valence-corrected chi connectivity index (χ0v) is 13.1. The molecular weight excluding hydrogens is 323 g/mol. The summed E-state index contributed by atoms with van der Waals surface area (Å²) in [4.78, 5) is 9.04. The average molecular weight is 343 g/mol. The maximum absolute atomic E-state index is 12.4. The van der Waals surface area contributed by atoms with E-state index in [0.717, 1.165) is 32.7 Å². The van der Waals surface area contributed by atoms with Gasteiger partial charge in [-0.15, -0.1) is 13.2 Å². The van der Waals surface area contributed by atoms with Gasteiger partial charge >= 0.3 is 6.36 Å². The summed E-state index contributed by atoms with van der Waals surface area (Å²) in [5, 5.41) is 2.69. The van der Waals surface area contributed by atoms with Crippen LogP contribution in [0.25, 0.3) is 0 Å². The van der Waals surface area contributed by atoms with E-state index in [1.165, 1.54) is 18.2 Å². The predicted molar refractivity (Wildman–Crippen MR) is 85.0 cm³/mol. The van der Waals surface area contributed by atoms with Crippen LogP contribution in [-0.4, -0.2) is 67.4 Å². The molecule has 1 aromatic rings. The topological polar surface area (TPSA) is 66.1 Å². The number of halogens is 3. The molecule has 1 unspecified atom stereocenters. The van der Waals surface area contributed by atoms with Crippen LogP contribution in [0.3, 0.4) is 0 Å². The maximum Gasteiger partial charge on any atom is 0.573 e. The first-order valence-corrected chi connectivity index (χ1v) is 7.79. The summed E-state index contributed by atoms with van der Waals surface area (Å²) in [6.45, 7) is 5.67. The molecule has 132 valence electrons. The first-order chi connectivity index (χ1) is 11.4. The van der Waals surface area contributed by atoms with E-state index in [1.807, 2.05) is 0 Å². The number of nitrogens with two attached hydrogens (primary N) is 1. The van der Waals surface area contributed by atoms with Crippen LogP contribution in [0.5, 0.6) is 5.75 Å². The summed E-state index contributed by atoms with van der Waals surface area (Å²) >= 11 is 0. The second-order valence-corrected chi connectivity index (χ2v) is 5.89. The molecule has 3 aliphatic heterocycles. The van der Waals surface area contributed by atoms with Crippen molar-refractivity contribution in [3.8, 4) is 5.75 Å². The third-order valence-corrected chi connectivity index (χ3v) is 4.24. The summed E-state index contributed by atoms with van der Waals surface area (Å²) in [7, 11) is 0. The molecule has 3 fully saturated rings. The molecule has 3 aliphatic rings. The van der Waals surface area contributed by atoms with Crippen molar-refractivity contribution in [2.45, 2.75) is 12.4 Å². The van der Waals surface area contributed by atoms with Crippen molar-refractivity contribution in [2.75, 3.05) is 44.6 Å². The average Bonchev–Trinajstić information content (AvgIpc) is 2.55. The first kappa shape index (κ1) is 16.8. The van der Waals surface area contributed by atoms with Gasteiger partial charge in [0.1, 0.15) is 0 Å². The first-order valence-electron chi connectivity index (χ1n) is 7.79. The Morgan fingerprint density at radius 1 is 1.25 bits per heavy atom. The molecule has 0 amide bonds. The number of benzene rings is 1. The Kier molecular flexibility index (Phi) is 4.81. The van der Waals surface area contributed by atoms with E-state index < -0.39 is 6.36 Å². The third-order valence-electron chi connectivity index (χ3n) is 4.24. The van der Waals surface area contributed by atoms with Gasteiger partial charge in [0.15, 0.2) is 11.7 Å². The van der Waals surface area contributed by atoms with Crippen molar-refractivity contribution in [1.29, 1.82) is 0 Å². The molecular formula is C15H20F3N5O. The maximum atomic E-state index is 12.4. The van der Waals surface area contributed by atoms with Crippen LogP contribution >= 0.6 is 0 Å². The highest BCUT2D eigenvalue weighted by Gasteiger charge is 2.32. The lowest BCUT2D eigenvalue weighted by Crippen LogP contribution is -2.61. The van der Waals surface area contributed by atoms with Crippen LogP contribution in [0, 0.1) is 0 Å². The Morgan fingerprint density at radius 2 is 1.96 bits per heavy atom. The van der Waals surface area contributed by atoms with Crippen LogP contribution in [0.15, 0.2) is 29.3 Å². The van der Waals surface area contributed by atoms with Gasteiger partial charge in [0.25, 0.3) is 0 Å². The van der Waals surface area contributed by atoms with Crippen molar-refractivity contribution in [2.24, 2.45) is 10.7 Å². The van der Waals surface area contributed by atoms with Gasteiger partial charge in [-0.1, -0.05) is 12.1 Å². The van der Waals surface area contributed by atoms with Gasteiger partial charge in [0, 0.05) is 38.8 Å². The Morgan fingerprint density at radius 3 is 2.58 bits per heavy atom. The molecule has 2 bridgehead atoms. The summed E-state index contributed by atoms with van der Waals surface area (Å²) in [5.41, 5.74) is 5.95. The van der Waals surface area contributed by atoms with E-state index >= 15 is 0 Å². The molecule has 0 spiro atoms. The van der Waals surface area contributed by atoms with Crippen molar-refractivity contribution in [3.05, 3.63) is 24.3 Å². The molecule has 0 aliphatic carbocycles. The van der Waals surface area contributed by atoms with E-state index in [4.69, 9.17) is 5.73 Å². The molecule has 9 heteroatoms. The molecule has 3 N–H and O–H groups in total. The van der Waals surface area contributed by atoms with Gasteiger partial charge in [-0.3, -0.25) is 14.8 Å². The Bertz CT molecular complexity index is 599. The number of nitrogens with zero attached hydrogens (tertiary/aromatic N) is 3. The standard InChI is InChI=1S/C15H20F3N5O/c16-15(17,18)24-13-4-2-1-3-12(13)21-14(19)20-9-11-10-22-5-7-23(11)8-6-22/h1-4,11H,5-10H2,(H3,19,20,21). The SMILES string of the molecule is NC(=NCC1CN2CCN1CC2)Nc1ccccc1OC(F)(F)F. The largest absolute Gasteiger partial charge is 0.573 e. The van der Waals surface area contributed by atoms with Crippen molar-refractivity contribution in [1.82, 2.24) is 9.80 Å². The second kappa shape index (κ2) is 6.86. The minimum absolute atomic E-state index is 0.0749. The number of piperazine rings is 3. The monoisotopic (exact) mass is 343 g/mol.